The first-order valence-electron chi connectivity index (χ1n) is 4.07. The predicted octanol–water partition coefficient (Wildman–Crippen LogP) is 2.61. The van der Waals surface area contributed by atoms with Crippen molar-refractivity contribution in [2.45, 2.75) is 6.92 Å². The maximum absolute atomic E-state index is 8.85. The highest BCUT2D eigenvalue weighted by atomic mass is 35.5. The summed E-state index contributed by atoms with van der Waals surface area (Å²) in [5, 5.41) is 9.02. The van der Waals surface area contributed by atoms with Crippen molar-refractivity contribution in [2.24, 2.45) is 0 Å². The van der Waals surface area contributed by atoms with Crippen LogP contribution in [0.5, 0.6) is 0 Å². The number of hydrogen-bond acceptors (Lipinski definition) is 3. The quantitative estimate of drug-likeness (QED) is 0.567. The van der Waals surface area contributed by atoms with E-state index in [2.05, 4.69) is 11.6 Å². The minimum atomic E-state index is 0.172. The van der Waals surface area contributed by atoms with Crippen LogP contribution in [0, 0.1) is 11.3 Å². The number of nitrogens with zero attached hydrogens (tertiary/aromatic N) is 2. The lowest BCUT2D eigenvalue weighted by Gasteiger charge is -2.08. The molecule has 1 aromatic heterocycles. The van der Waals surface area contributed by atoms with Gasteiger partial charge in [-0.25, -0.2) is 4.98 Å². The van der Waals surface area contributed by atoms with Gasteiger partial charge in [0, 0.05) is 11.8 Å². The fraction of sp³-hybridized carbons (Fsp3) is 0.200. The van der Waals surface area contributed by atoms with Crippen molar-refractivity contribution < 1.29 is 4.74 Å². The Balaban J connectivity index is 3.15. The Morgan fingerprint density at radius 1 is 1.79 bits per heavy atom. The fourth-order valence-electron chi connectivity index (χ4n) is 1.03. The molecule has 0 aliphatic carbocycles. The van der Waals surface area contributed by atoms with Crippen LogP contribution >= 0.6 is 11.6 Å². The van der Waals surface area contributed by atoms with Gasteiger partial charge in [-0.1, -0.05) is 18.2 Å². The van der Waals surface area contributed by atoms with E-state index >= 15 is 0 Å². The fourth-order valence-corrected chi connectivity index (χ4v) is 1.23. The van der Waals surface area contributed by atoms with Crippen molar-refractivity contribution in [3.05, 3.63) is 35.1 Å². The molecule has 14 heavy (non-hydrogen) atoms. The first-order valence-corrected chi connectivity index (χ1v) is 4.45. The normalized spacial score (nSPS) is 9.21. The van der Waals surface area contributed by atoms with E-state index in [1.54, 1.807) is 6.07 Å². The van der Waals surface area contributed by atoms with E-state index in [4.69, 9.17) is 21.6 Å². The molecule has 0 N–H and O–H groups in total. The first-order chi connectivity index (χ1) is 6.70. The van der Waals surface area contributed by atoms with E-state index in [9.17, 15) is 0 Å². The van der Waals surface area contributed by atoms with Gasteiger partial charge in [0.05, 0.1) is 6.61 Å². The molecule has 72 valence electrons. The maximum Gasteiger partial charge on any atom is 0.147 e. The number of nitriles is 1. The van der Waals surface area contributed by atoms with Crippen molar-refractivity contribution in [1.82, 2.24) is 4.98 Å². The van der Waals surface area contributed by atoms with Crippen LogP contribution in [0.3, 0.4) is 0 Å². The average molecular weight is 209 g/mol. The monoisotopic (exact) mass is 208 g/mol. The van der Waals surface area contributed by atoms with Gasteiger partial charge in [-0.05, 0) is 13.0 Å². The van der Waals surface area contributed by atoms with Crippen LogP contribution in [0.15, 0.2) is 18.8 Å². The minimum Gasteiger partial charge on any atom is -0.494 e. The minimum absolute atomic E-state index is 0.172. The molecule has 0 aromatic carbocycles. The van der Waals surface area contributed by atoms with Gasteiger partial charge in [-0.15, -0.1) is 0 Å². The van der Waals surface area contributed by atoms with E-state index in [1.165, 1.54) is 6.20 Å². The van der Waals surface area contributed by atoms with E-state index < -0.39 is 0 Å². The molecule has 0 bridgehead atoms. The Hall–Kier alpha value is -1.53. The molecular formula is C10H9ClN2O. The van der Waals surface area contributed by atoms with Gasteiger partial charge >= 0.3 is 0 Å². The molecule has 0 amide bonds. The van der Waals surface area contributed by atoms with Gasteiger partial charge in [0.25, 0.3) is 0 Å². The lowest BCUT2D eigenvalue weighted by atomic mass is 10.1. The molecule has 1 heterocycles. The topological polar surface area (TPSA) is 45.9 Å². The lowest BCUT2D eigenvalue weighted by molar-refractivity contribution is 0.299. The van der Waals surface area contributed by atoms with Crippen LogP contribution in [0.1, 0.15) is 18.1 Å². The molecule has 0 saturated carbocycles. The summed E-state index contributed by atoms with van der Waals surface area (Å²) in [4.78, 5) is 3.80. The second-order valence-electron chi connectivity index (χ2n) is 2.49. The highest BCUT2D eigenvalue weighted by Crippen LogP contribution is 2.22. The Kier molecular flexibility index (Phi) is 3.49. The highest BCUT2D eigenvalue weighted by molar-refractivity contribution is 6.30. The molecule has 0 radical (unpaired) electrons. The Morgan fingerprint density at radius 2 is 2.50 bits per heavy atom. The zero-order chi connectivity index (χ0) is 10.6. The standard InChI is InChI=1S/C10H9ClN2O/c1-3-14-7(2)8-4-5-13-10(11)9(8)6-12/h4-5H,2-3H2,1H3. The molecule has 1 rings (SSSR count). The molecule has 0 fully saturated rings. The number of ether oxygens (including phenoxy) is 1. The number of rotatable bonds is 3. The summed E-state index contributed by atoms with van der Waals surface area (Å²) in [6.07, 6.45) is 1.52. The molecule has 4 heteroatoms. The summed E-state index contributed by atoms with van der Waals surface area (Å²) in [7, 11) is 0. The molecule has 0 unspecified atom stereocenters. The Morgan fingerprint density at radius 3 is 3.07 bits per heavy atom. The van der Waals surface area contributed by atoms with E-state index in [0.717, 1.165) is 0 Å². The summed E-state index contributed by atoms with van der Waals surface area (Å²) in [6.45, 7) is 6.06. The van der Waals surface area contributed by atoms with Gasteiger partial charge < -0.3 is 4.74 Å². The number of aromatic nitrogens is 1. The zero-order valence-electron chi connectivity index (χ0n) is 7.75. The number of pyridine rings is 1. The largest absolute Gasteiger partial charge is 0.494 e. The second kappa shape index (κ2) is 4.64. The SMILES string of the molecule is C=C(OCC)c1ccnc(Cl)c1C#N. The summed E-state index contributed by atoms with van der Waals surface area (Å²) in [5.74, 6) is 0.438. The lowest BCUT2D eigenvalue weighted by Crippen LogP contribution is -1.95. The summed E-state index contributed by atoms with van der Waals surface area (Å²) >= 11 is 5.74. The van der Waals surface area contributed by atoms with Gasteiger partial charge in [0.15, 0.2) is 0 Å². The summed E-state index contributed by atoms with van der Waals surface area (Å²) in [5.41, 5.74) is 0.891. The molecular weight excluding hydrogens is 200 g/mol. The van der Waals surface area contributed by atoms with Gasteiger partial charge in [0.2, 0.25) is 0 Å². The van der Waals surface area contributed by atoms with Crippen molar-refractivity contribution in [1.29, 1.82) is 5.26 Å². The first kappa shape index (κ1) is 10.6. The summed E-state index contributed by atoms with van der Waals surface area (Å²) < 4.78 is 5.19. The molecule has 1 aromatic rings. The second-order valence-corrected chi connectivity index (χ2v) is 2.85. The maximum atomic E-state index is 8.85. The van der Waals surface area contributed by atoms with Crippen LogP contribution in [-0.2, 0) is 4.74 Å². The average Bonchev–Trinajstić information content (AvgIpc) is 2.17. The van der Waals surface area contributed by atoms with Gasteiger partial charge in [-0.2, -0.15) is 5.26 Å². The van der Waals surface area contributed by atoms with Crippen molar-refractivity contribution in [3.63, 3.8) is 0 Å². The van der Waals surface area contributed by atoms with Crippen LogP contribution in [0.4, 0.5) is 0 Å². The molecule has 0 saturated heterocycles. The number of hydrogen-bond donors (Lipinski definition) is 0. The Bertz CT molecular complexity index is 396. The highest BCUT2D eigenvalue weighted by Gasteiger charge is 2.10. The number of halogens is 1. The van der Waals surface area contributed by atoms with Crippen LogP contribution in [0.2, 0.25) is 5.15 Å². The molecule has 0 spiro atoms. The van der Waals surface area contributed by atoms with E-state index in [-0.39, 0.29) is 5.15 Å². The van der Waals surface area contributed by atoms with Crippen LogP contribution < -0.4 is 0 Å². The van der Waals surface area contributed by atoms with Crippen LogP contribution in [0.25, 0.3) is 5.76 Å². The third-order valence-electron chi connectivity index (χ3n) is 1.64. The predicted molar refractivity (Wildman–Crippen MR) is 54.6 cm³/mol. The van der Waals surface area contributed by atoms with Crippen LogP contribution in [-0.4, -0.2) is 11.6 Å². The van der Waals surface area contributed by atoms with Crippen molar-refractivity contribution in [3.8, 4) is 6.07 Å². The third-order valence-corrected chi connectivity index (χ3v) is 1.92. The van der Waals surface area contributed by atoms with E-state index in [1.807, 2.05) is 13.0 Å². The third kappa shape index (κ3) is 2.04. The van der Waals surface area contributed by atoms with Crippen molar-refractivity contribution >= 4 is 17.4 Å². The molecule has 3 nitrogen and oxygen atoms in total. The van der Waals surface area contributed by atoms with E-state index in [0.29, 0.717) is 23.5 Å². The molecule has 0 aliphatic rings. The Labute approximate surface area is 87.6 Å². The smallest absolute Gasteiger partial charge is 0.147 e. The summed E-state index contributed by atoms with van der Waals surface area (Å²) in [6, 6.07) is 3.62. The zero-order valence-corrected chi connectivity index (χ0v) is 8.51. The van der Waals surface area contributed by atoms with Crippen molar-refractivity contribution in [2.75, 3.05) is 6.61 Å². The van der Waals surface area contributed by atoms with Gasteiger partial charge in [0.1, 0.15) is 22.5 Å². The van der Waals surface area contributed by atoms with Gasteiger partial charge in [-0.3, -0.25) is 0 Å². The molecule has 0 aliphatic heterocycles. The molecule has 0 atom stereocenters.